The zero-order valence-corrected chi connectivity index (χ0v) is 6.47. The van der Waals surface area contributed by atoms with Crippen molar-refractivity contribution in [3.8, 4) is 0 Å². The van der Waals surface area contributed by atoms with E-state index in [0.717, 1.165) is 12.8 Å². The minimum atomic E-state index is 0.530. The van der Waals surface area contributed by atoms with E-state index in [0.29, 0.717) is 12.4 Å². The van der Waals surface area contributed by atoms with E-state index < -0.39 is 0 Å². The van der Waals surface area contributed by atoms with Gasteiger partial charge in [-0.1, -0.05) is 12.2 Å². The highest BCUT2D eigenvalue weighted by Gasteiger charge is 1.76. The first-order valence-corrected chi connectivity index (χ1v) is 3.70. The number of hydrogen-bond donors (Lipinski definition) is 0. The average molecular weight is 160 g/mol. The Kier molecular flexibility index (Phi) is 7.91. The van der Waals surface area contributed by atoms with Gasteiger partial charge in [0.05, 0.1) is 6.54 Å². The molecule has 0 radical (unpaired) electrons. The lowest BCUT2D eigenvalue weighted by molar-refractivity contribution is 0.563. The number of alkyl halides is 1. The SMILES string of the molecule is O=C=NCCC=CCCCl. The number of rotatable bonds is 5. The predicted molar refractivity (Wildman–Crippen MR) is 42.1 cm³/mol. The molecule has 0 aliphatic rings. The van der Waals surface area contributed by atoms with Gasteiger partial charge in [-0.25, -0.2) is 9.79 Å². The van der Waals surface area contributed by atoms with Crippen molar-refractivity contribution >= 4 is 17.7 Å². The molecule has 56 valence electrons. The summed E-state index contributed by atoms with van der Waals surface area (Å²) in [4.78, 5) is 12.9. The highest BCUT2D eigenvalue weighted by Crippen LogP contribution is 1.89. The zero-order chi connectivity index (χ0) is 7.66. The molecule has 0 aromatic heterocycles. The van der Waals surface area contributed by atoms with Crippen molar-refractivity contribution in [2.75, 3.05) is 12.4 Å². The normalized spacial score (nSPS) is 9.70. The molecule has 0 heterocycles. The van der Waals surface area contributed by atoms with E-state index >= 15 is 0 Å². The van der Waals surface area contributed by atoms with Gasteiger partial charge in [0.2, 0.25) is 6.08 Å². The third-order valence-corrected chi connectivity index (χ3v) is 1.13. The summed E-state index contributed by atoms with van der Waals surface area (Å²) in [6.45, 7) is 0.530. The fourth-order valence-corrected chi connectivity index (χ4v) is 0.609. The van der Waals surface area contributed by atoms with Crippen LogP contribution in [0.5, 0.6) is 0 Å². The van der Waals surface area contributed by atoms with Gasteiger partial charge in [-0.15, -0.1) is 11.6 Å². The number of nitrogens with zero attached hydrogens (tertiary/aromatic N) is 1. The molecule has 0 saturated carbocycles. The standard InChI is InChI=1S/C7H10ClNO/c8-5-3-1-2-4-6-9-7-10/h1-2H,3-6H2. The van der Waals surface area contributed by atoms with Gasteiger partial charge in [0.1, 0.15) is 0 Å². The van der Waals surface area contributed by atoms with Crippen LogP contribution in [0.2, 0.25) is 0 Å². The molecule has 0 aliphatic heterocycles. The fourth-order valence-electron chi connectivity index (χ4n) is 0.483. The Morgan fingerprint density at radius 1 is 1.40 bits per heavy atom. The van der Waals surface area contributed by atoms with E-state index in [1.807, 2.05) is 12.2 Å². The number of allylic oxidation sites excluding steroid dienone is 1. The van der Waals surface area contributed by atoms with E-state index in [2.05, 4.69) is 4.99 Å². The molecule has 0 aromatic carbocycles. The van der Waals surface area contributed by atoms with Gasteiger partial charge >= 0.3 is 0 Å². The van der Waals surface area contributed by atoms with E-state index in [1.54, 1.807) is 0 Å². The molecule has 0 aromatic rings. The Morgan fingerprint density at radius 2 is 2.10 bits per heavy atom. The first-order valence-electron chi connectivity index (χ1n) is 3.16. The van der Waals surface area contributed by atoms with Crippen LogP contribution >= 0.6 is 11.6 Å². The van der Waals surface area contributed by atoms with Crippen LogP contribution in [0, 0.1) is 0 Å². The first-order chi connectivity index (χ1) is 4.91. The number of carbonyl (C=O) groups excluding carboxylic acids is 1. The third kappa shape index (κ3) is 7.41. The van der Waals surface area contributed by atoms with Crippen molar-refractivity contribution in [3.05, 3.63) is 12.2 Å². The lowest BCUT2D eigenvalue weighted by Crippen LogP contribution is -1.74. The van der Waals surface area contributed by atoms with Crippen LogP contribution < -0.4 is 0 Å². The van der Waals surface area contributed by atoms with Gasteiger partial charge in [-0.05, 0) is 12.8 Å². The Morgan fingerprint density at radius 3 is 2.70 bits per heavy atom. The molecule has 0 amide bonds. The molecule has 3 heteroatoms. The van der Waals surface area contributed by atoms with Crippen LogP contribution in [0.15, 0.2) is 17.1 Å². The van der Waals surface area contributed by atoms with Crippen molar-refractivity contribution < 1.29 is 4.79 Å². The molecule has 0 unspecified atom stereocenters. The van der Waals surface area contributed by atoms with Crippen LogP contribution in [-0.2, 0) is 4.79 Å². The third-order valence-electron chi connectivity index (χ3n) is 0.915. The molecule has 0 spiro atoms. The molecule has 0 atom stereocenters. The molecule has 0 aliphatic carbocycles. The molecular formula is C7H10ClNO. The van der Waals surface area contributed by atoms with Gasteiger partial charge in [0.15, 0.2) is 0 Å². The first kappa shape index (κ1) is 9.41. The molecule has 0 fully saturated rings. The molecule has 0 N–H and O–H groups in total. The summed E-state index contributed by atoms with van der Waals surface area (Å²) in [6.07, 6.45) is 7.09. The van der Waals surface area contributed by atoms with Crippen molar-refractivity contribution in [1.82, 2.24) is 0 Å². The molecule has 0 rings (SSSR count). The lowest BCUT2D eigenvalue weighted by atomic mass is 10.3. The highest BCUT2D eigenvalue weighted by atomic mass is 35.5. The average Bonchev–Trinajstić information content (AvgIpc) is 1.97. The number of hydrogen-bond acceptors (Lipinski definition) is 2. The summed E-state index contributed by atoms with van der Waals surface area (Å²) in [5, 5.41) is 0. The van der Waals surface area contributed by atoms with Crippen molar-refractivity contribution in [3.63, 3.8) is 0 Å². The molecule has 0 bridgehead atoms. The topological polar surface area (TPSA) is 29.4 Å². The van der Waals surface area contributed by atoms with Gasteiger partial charge in [0.25, 0.3) is 0 Å². The maximum atomic E-state index is 9.56. The van der Waals surface area contributed by atoms with Crippen molar-refractivity contribution in [2.45, 2.75) is 12.8 Å². The Labute approximate surface area is 65.6 Å². The van der Waals surface area contributed by atoms with Crippen LogP contribution in [0.1, 0.15) is 12.8 Å². The highest BCUT2D eigenvalue weighted by molar-refractivity contribution is 6.17. The van der Waals surface area contributed by atoms with Gasteiger partial charge < -0.3 is 0 Å². The van der Waals surface area contributed by atoms with E-state index in [4.69, 9.17) is 11.6 Å². The van der Waals surface area contributed by atoms with Crippen LogP contribution in [0.4, 0.5) is 0 Å². The molecule has 0 saturated heterocycles. The minimum Gasteiger partial charge on any atom is -0.211 e. The zero-order valence-electron chi connectivity index (χ0n) is 5.72. The largest absolute Gasteiger partial charge is 0.234 e. The van der Waals surface area contributed by atoms with Crippen LogP contribution in [0.25, 0.3) is 0 Å². The smallest absolute Gasteiger partial charge is 0.211 e. The van der Waals surface area contributed by atoms with Crippen molar-refractivity contribution in [1.29, 1.82) is 0 Å². The summed E-state index contributed by atoms with van der Waals surface area (Å²) >= 11 is 5.40. The summed E-state index contributed by atoms with van der Waals surface area (Å²) < 4.78 is 0. The van der Waals surface area contributed by atoms with Gasteiger partial charge in [-0.2, -0.15) is 0 Å². The summed E-state index contributed by atoms with van der Waals surface area (Å²) in [5.74, 6) is 0.646. The van der Waals surface area contributed by atoms with E-state index in [1.165, 1.54) is 6.08 Å². The summed E-state index contributed by atoms with van der Waals surface area (Å²) in [6, 6.07) is 0. The molecule has 10 heavy (non-hydrogen) atoms. The van der Waals surface area contributed by atoms with Gasteiger partial charge in [-0.3, -0.25) is 0 Å². The molecule has 2 nitrogen and oxygen atoms in total. The van der Waals surface area contributed by atoms with Crippen molar-refractivity contribution in [2.24, 2.45) is 4.99 Å². The quantitative estimate of drug-likeness (QED) is 0.198. The summed E-state index contributed by atoms with van der Waals surface area (Å²) in [5.41, 5.74) is 0. The number of isocyanates is 1. The Hall–Kier alpha value is -0.590. The maximum absolute atomic E-state index is 9.56. The second-order valence-corrected chi connectivity index (χ2v) is 2.09. The lowest BCUT2D eigenvalue weighted by Gasteiger charge is -1.83. The predicted octanol–water partition coefficient (Wildman–Crippen LogP) is 1.90. The molecular weight excluding hydrogens is 150 g/mol. The Balaban J connectivity index is 3.09. The van der Waals surface area contributed by atoms with Crippen LogP contribution in [0.3, 0.4) is 0 Å². The fraction of sp³-hybridized carbons (Fsp3) is 0.571. The van der Waals surface area contributed by atoms with Gasteiger partial charge in [0, 0.05) is 5.88 Å². The van der Waals surface area contributed by atoms with E-state index in [9.17, 15) is 4.79 Å². The second-order valence-electron chi connectivity index (χ2n) is 1.71. The monoisotopic (exact) mass is 159 g/mol. The minimum absolute atomic E-state index is 0.530. The van der Waals surface area contributed by atoms with E-state index in [-0.39, 0.29) is 0 Å². The number of halogens is 1. The summed E-state index contributed by atoms with van der Waals surface area (Å²) in [7, 11) is 0. The van der Waals surface area contributed by atoms with Crippen LogP contribution in [-0.4, -0.2) is 18.5 Å². The second kappa shape index (κ2) is 8.41. The Bertz CT molecular complexity index is 139. The maximum Gasteiger partial charge on any atom is 0.234 e. The number of aliphatic imine (C=N–C) groups is 1.